The van der Waals surface area contributed by atoms with Crippen LogP contribution in [0.15, 0.2) is 77.9 Å². The van der Waals surface area contributed by atoms with Gasteiger partial charge in [-0.05, 0) is 138 Å². The van der Waals surface area contributed by atoms with Crippen molar-refractivity contribution in [2.45, 2.75) is 124 Å². The normalized spacial score (nSPS) is 17.5. The first kappa shape index (κ1) is 63.8. The van der Waals surface area contributed by atoms with E-state index in [9.17, 15) is 26.3 Å². The van der Waals surface area contributed by atoms with Gasteiger partial charge in [-0.25, -0.2) is 4.68 Å². The molecule has 0 bridgehead atoms. The fraction of sp³-hybridized carbons (Fsp3) is 0.529. The van der Waals surface area contributed by atoms with Gasteiger partial charge in [0.05, 0.1) is 41.0 Å². The molecule has 3 aliphatic heterocycles. The van der Waals surface area contributed by atoms with Crippen molar-refractivity contribution in [1.29, 1.82) is 0 Å². The van der Waals surface area contributed by atoms with Crippen LogP contribution in [0.1, 0.15) is 97.3 Å². The molecule has 2 aromatic heterocycles. The van der Waals surface area contributed by atoms with E-state index in [1.165, 1.54) is 4.68 Å². The molecule has 8 rings (SSSR count). The minimum atomic E-state index is -3.27. The number of nitrogens with one attached hydrogen (secondary N) is 1. The van der Waals surface area contributed by atoms with Gasteiger partial charge in [0.1, 0.15) is 48.4 Å². The number of halogens is 9. The Labute approximate surface area is 473 Å². The summed E-state index contributed by atoms with van der Waals surface area (Å²) in [6, 6.07) is 21.9. The van der Waals surface area contributed by atoms with Crippen molar-refractivity contribution < 1.29 is 73.7 Å². The third kappa shape index (κ3) is 23.0. The maximum absolute atomic E-state index is 14.1. The zero-order chi connectivity index (χ0) is 56.4. The van der Waals surface area contributed by atoms with Crippen LogP contribution in [0.5, 0.6) is 17.2 Å². The van der Waals surface area contributed by atoms with Crippen molar-refractivity contribution in [3.63, 3.8) is 0 Å². The van der Waals surface area contributed by atoms with Crippen LogP contribution in [0.25, 0.3) is 10.4 Å². The fourth-order valence-corrected chi connectivity index (χ4v) is 8.43. The Kier molecular flexibility index (Phi) is 26.9. The molecule has 0 saturated carbocycles. The van der Waals surface area contributed by atoms with Gasteiger partial charge in [-0.2, -0.15) is 31.0 Å². The van der Waals surface area contributed by atoms with E-state index in [0.29, 0.717) is 38.7 Å². The summed E-state index contributed by atoms with van der Waals surface area (Å²) >= 11 is 6.93. The van der Waals surface area contributed by atoms with E-state index < -0.39 is 14.5 Å². The van der Waals surface area contributed by atoms with E-state index in [2.05, 4.69) is 84.4 Å². The maximum Gasteiger partial charge on any atom is 0.372 e. The van der Waals surface area contributed by atoms with Gasteiger partial charge in [0.25, 0.3) is 0 Å². The van der Waals surface area contributed by atoms with Crippen molar-refractivity contribution in [1.82, 2.24) is 25.3 Å². The van der Waals surface area contributed by atoms with Gasteiger partial charge in [0.2, 0.25) is 5.69 Å². The number of hydrogen-bond acceptors (Lipinski definition) is 13. The zero-order valence-electron chi connectivity index (χ0n) is 43.0. The molecule has 5 aromatic rings. The highest BCUT2D eigenvalue weighted by atomic mass is 79.9. The van der Waals surface area contributed by atoms with E-state index in [4.69, 9.17) is 48.2 Å². The molecular formula is C51H61Br3F6N9O9+. The summed E-state index contributed by atoms with van der Waals surface area (Å²) in [6.45, 7) is 2.70. The third-order valence-corrected chi connectivity index (χ3v) is 12.4. The van der Waals surface area contributed by atoms with Crippen LogP contribution < -0.4 is 18.9 Å². The third-order valence-electron chi connectivity index (χ3n) is 11.5. The molecule has 3 aromatic carbocycles. The zero-order valence-corrected chi connectivity index (χ0v) is 47.8. The minimum absolute atomic E-state index is 0.0200. The number of benzene rings is 3. The maximum atomic E-state index is 14.1. The molecule has 3 unspecified atom stereocenters. The first-order valence-electron chi connectivity index (χ1n) is 24.6. The quantitative estimate of drug-likeness (QED) is 0.0157. The van der Waals surface area contributed by atoms with Crippen LogP contribution in [-0.4, -0.2) is 96.8 Å². The monoisotopic (exact) mass is 1290 g/mol. The average molecular weight is 1300 g/mol. The molecule has 18 nitrogen and oxygen atoms in total. The number of hydrogen-bond donors (Lipinski definition) is 1. The second-order valence-electron chi connectivity index (χ2n) is 17.2. The van der Waals surface area contributed by atoms with Gasteiger partial charge in [-0.3, -0.25) is 0 Å². The summed E-state index contributed by atoms with van der Waals surface area (Å²) in [5.41, 5.74) is 10.4. The number of methoxy groups -OCH3 is 3. The number of ether oxygens (including phenoxy) is 9. The molecule has 0 spiro atoms. The highest BCUT2D eigenvalue weighted by Gasteiger charge is 2.42. The molecule has 5 heterocycles. The lowest BCUT2D eigenvalue weighted by Crippen LogP contribution is -2.41. The Balaban J connectivity index is 0.000000202. The van der Waals surface area contributed by atoms with Crippen LogP contribution in [0.4, 0.5) is 26.3 Å². The second-order valence-corrected chi connectivity index (χ2v) is 20.2. The molecule has 0 radical (unpaired) electrons. The Morgan fingerprint density at radius 3 is 1.63 bits per heavy atom. The van der Waals surface area contributed by atoms with Gasteiger partial charge >= 0.3 is 20.2 Å². The highest BCUT2D eigenvalue weighted by molar-refractivity contribution is 9.10. The summed E-state index contributed by atoms with van der Waals surface area (Å²) in [5, 5.41) is 17.6. The number of alkyl halides is 9. The average Bonchev–Trinajstić information content (AvgIpc) is 4.08. The van der Waals surface area contributed by atoms with E-state index in [1.54, 1.807) is 56.2 Å². The molecule has 3 fully saturated rings. The van der Waals surface area contributed by atoms with Crippen molar-refractivity contribution >= 4 is 47.8 Å². The van der Waals surface area contributed by atoms with E-state index in [0.717, 1.165) is 86.0 Å². The summed E-state index contributed by atoms with van der Waals surface area (Å²) in [6.07, 6.45) is 7.36. The van der Waals surface area contributed by atoms with Crippen molar-refractivity contribution in [2.75, 3.05) is 47.8 Å². The first-order valence-corrected chi connectivity index (χ1v) is 27.0. The number of aromatic nitrogens is 6. The fourth-order valence-electron chi connectivity index (χ4n) is 7.54. The molecule has 3 saturated heterocycles. The summed E-state index contributed by atoms with van der Waals surface area (Å²) in [4.78, 5) is -6.97. The highest BCUT2D eigenvalue weighted by Crippen LogP contribution is 2.37. The molecule has 3 atom stereocenters. The Morgan fingerprint density at radius 1 is 0.692 bits per heavy atom. The number of azide groups is 1. The van der Waals surface area contributed by atoms with Crippen LogP contribution in [0, 0.1) is 11.8 Å². The largest absolute Gasteiger partial charge is 0.497 e. The van der Waals surface area contributed by atoms with Crippen LogP contribution in [0.3, 0.4) is 0 Å². The van der Waals surface area contributed by atoms with Crippen molar-refractivity contribution in [3.05, 3.63) is 123 Å². The lowest BCUT2D eigenvalue weighted by atomic mass is 10.2. The molecule has 78 heavy (non-hydrogen) atoms. The Morgan fingerprint density at radius 2 is 1.18 bits per heavy atom. The number of aromatic amines is 1. The molecule has 0 amide bonds. The van der Waals surface area contributed by atoms with E-state index in [-0.39, 0.29) is 68.0 Å². The standard InChI is InChI=1S/2C17H20BrF2N3O3.C9H11BrF2O2.C8H9N3O/c1-24-13-7-5-12(6-8-13)10-23-14(16(21-22-23)17(18,19)20)11-26-15-4-2-3-9-25-15;1-24-13-7-5-12(6-8-13)10-23-16(17(18,19)20)14(21-22-23)11-26-15-4-2-3-9-25-15;10-9(11,12)5-3-7-14-8-4-1-2-6-13-8;1-12-8-4-2-7(3-5-8)6-10-11-9/h2*5-8,15H,2-4,9-11H2,1H3;8H,1-2,4,6-7H2;2-5H,6H2,1H3/p+1. The molecule has 0 aliphatic carbocycles. The van der Waals surface area contributed by atoms with Crippen molar-refractivity contribution in [3.8, 4) is 29.1 Å². The van der Waals surface area contributed by atoms with Gasteiger partial charge in [0.15, 0.2) is 18.9 Å². The van der Waals surface area contributed by atoms with Gasteiger partial charge in [-0.1, -0.05) is 57.9 Å². The number of rotatable bonds is 19. The summed E-state index contributed by atoms with van der Waals surface area (Å²) in [7, 11) is 4.77. The van der Waals surface area contributed by atoms with Crippen molar-refractivity contribution in [2.24, 2.45) is 5.11 Å². The van der Waals surface area contributed by atoms with E-state index in [1.807, 2.05) is 48.5 Å². The Bertz CT molecular complexity index is 2630. The summed E-state index contributed by atoms with van der Waals surface area (Å²) < 4.78 is 131. The van der Waals surface area contributed by atoms with Crippen LogP contribution in [-0.2, 0) is 70.9 Å². The Hall–Kier alpha value is -5.01. The molecule has 1 N–H and O–H groups in total. The first-order chi connectivity index (χ1) is 37.4. The molecular weight excluding hydrogens is 1240 g/mol. The predicted molar refractivity (Wildman–Crippen MR) is 282 cm³/mol. The van der Waals surface area contributed by atoms with Crippen LogP contribution >= 0.6 is 47.8 Å². The van der Waals surface area contributed by atoms with E-state index >= 15 is 0 Å². The molecule has 27 heteroatoms. The number of nitrogens with zero attached hydrogens (tertiary/aromatic N) is 8. The van der Waals surface area contributed by atoms with Gasteiger partial charge in [0, 0.05) is 61.7 Å². The second kappa shape index (κ2) is 32.9. The lowest BCUT2D eigenvalue weighted by Gasteiger charge is -2.22. The van der Waals surface area contributed by atoms with Gasteiger partial charge < -0.3 is 42.6 Å². The van der Waals surface area contributed by atoms with Crippen LogP contribution in [0.2, 0.25) is 0 Å². The SMILES string of the molecule is COc1ccc(CN=[N+]=[N-])cc1.COc1ccc(C[n+]2[nH]nc(C(F)(F)Br)c2COC2CCCCO2)cc1.COc1ccc(Cn2nnc(COC3CCCCO3)c2C(F)(F)Br)cc1.FC(F)(Br)C#CCOC1CCCCO1. The number of H-pyrrole nitrogens is 1. The predicted octanol–water partition coefficient (Wildman–Crippen LogP) is 12.1. The smallest absolute Gasteiger partial charge is 0.372 e. The minimum Gasteiger partial charge on any atom is -0.497 e. The lowest BCUT2D eigenvalue weighted by molar-refractivity contribution is -0.754. The topological polar surface area (TPSA) is 195 Å². The molecule has 3 aliphatic rings. The summed E-state index contributed by atoms with van der Waals surface area (Å²) in [5.74, 6) is 6.17. The van der Waals surface area contributed by atoms with Gasteiger partial charge in [-0.15, -0.1) is 5.10 Å². The molecule has 426 valence electrons.